The van der Waals surface area contributed by atoms with Gasteiger partial charge in [0, 0.05) is 24.7 Å². The molecule has 112 valence electrons. The molecule has 0 aliphatic carbocycles. The number of hydrogen-bond donors (Lipinski definition) is 1. The van der Waals surface area contributed by atoms with Gasteiger partial charge in [-0.15, -0.1) is 11.3 Å². The summed E-state index contributed by atoms with van der Waals surface area (Å²) in [6.07, 6.45) is 2.37. The number of aromatic nitrogens is 2. The number of imidazole rings is 1. The minimum atomic E-state index is -3.68. The highest BCUT2D eigenvalue weighted by atomic mass is 35.5. The second-order valence-electron chi connectivity index (χ2n) is 4.43. The third kappa shape index (κ3) is 3.50. The van der Waals surface area contributed by atoms with Gasteiger partial charge in [-0.2, -0.15) is 0 Å². The average Bonchev–Trinajstić information content (AvgIpc) is 2.86. The van der Waals surface area contributed by atoms with Crippen molar-refractivity contribution in [2.75, 3.05) is 13.2 Å². The molecule has 0 spiro atoms. The van der Waals surface area contributed by atoms with Gasteiger partial charge in [-0.3, -0.25) is 4.40 Å². The van der Waals surface area contributed by atoms with E-state index in [1.807, 2.05) is 13.8 Å². The van der Waals surface area contributed by atoms with Crippen LogP contribution in [-0.4, -0.2) is 37.1 Å². The molecule has 2 heterocycles. The highest BCUT2D eigenvalue weighted by Crippen LogP contribution is 2.25. The summed E-state index contributed by atoms with van der Waals surface area (Å²) in [4.78, 5) is 4.56. The molecule has 2 aromatic rings. The van der Waals surface area contributed by atoms with E-state index in [9.17, 15) is 8.42 Å². The first-order chi connectivity index (χ1) is 9.42. The Kier molecular flexibility index (Phi) is 5.03. The van der Waals surface area contributed by atoms with Gasteiger partial charge in [-0.1, -0.05) is 11.6 Å². The summed E-state index contributed by atoms with van der Waals surface area (Å²) in [5, 5.41) is 1.73. The minimum Gasteiger partial charge on any atom is -0.379 e. The van der Waals surface area contributed by atoms with Gasteiger partial charge in [0.2, 0.25) is 0 Å². The smallest absolute Gasteiger partial charge is 0.259 e. The highest BCUT2D eigenvalue weighted by Gasteiger charge is 2.24. The number of sulfonamides is 1. The zero-order valence-corrected chi connectivity index (χ0v) is 13.6. The zero-order chi connectivity index (χ0) is 14.8. The standard InChI is InChI=1S/C11H16ClN3O3S2/c1-8(2)18-6-3-4-13-20(16,17)10-9(12)14-11-15(10)5-7-19-11/h5,7-8,13H,3-4,6H2,1-2H3. The number of nitrogens with zero attached hydrogens (tertiary/aromatic N) is 2. The van der Waals surface area contributed by atoms with Crippen LogP contribution in [0.4, 0.5) is 0 Å². The van der Waals surface area contributed by atoms with Gasteiger partial charge in [0.05, 0.1) is 6.10 Å². The van der Waals surface area contributed by atoms with Crippen molar-refractivity contribution in [2.24, 2.45) is 0 Å². The van der Waals surface area contributed by atoms with Crippen LogP contribution in [0.15, 0.2) is 16.6 Å². The summed E-state index contributed by atoms with van der Waals surface area (Å²) in [5.74, 6) is 0. The number of thiazole rings is 1. The summed E-state index contributed by atoms with van der Waals surface area (Å²) in [5.41, 5.74) is 0. The van der Waals surface area contributed by atoms with Crippen LogP contribution in [0.2, 0.25) is 5.15 Å². The number of hydrogen-bond acceptors (Lipinski definition) is 5. The predicted molar refractivity (Wildman–Crippen MR) is 79.0 cm³/mol. The normalized spacial score (nSPS) is 12.6. The number of ether oxygens (including phenoxy) is 1. The molecule has 6 nitrogen and oxygen atoms in total. The Labute approximate surface area is 126 Å². The van der Waals surface area contributed by atoms with Crippen LogP contribution in [0.3, 0.4) is 0 Å². The molecule has 0 aromatic carbocycles. The number of halogens is 1. The zero-order valence-electron chi connectivity index (χ0n) is 11.2. The van der Waals surface area contributed by atoms with Crippen LogP contribution < -0.4 is 4.72 Å². The lowest BCUT2D eigenvalue weighted by molar-refractivity contribution is 0.0778. The maximum atomic E-state index is 12.2. The molecular weight excluding hydrogens is 322 g/mol. The molecule has 0 unspecified atom stereocenters. The predicted octanol–water partition coefficient (Wildman–Crippen LogP) is 2.14. The molecule has 2 aromatic heterocycles. The van der Waals surface area contributed by atoms with Gasteiger partial charge in [0.1, 0.15) is 0 Å². The fourth-order valence-corrected chi connectivity index (χ4v) is 4.17. The molecule has 0 radical (unpaired) electrons. The summed E-state index contributed by atoms with van der Waals surface area (Å²) < 4.78 is 33.8. The van der Waals surface area contributed by atoms with E-state index < -0.39 is 10.0 Å². The first kappa shape index (κ1) is 15.7. The number of nitrogens with one attached hydrogen (secondary N) is 1. The summed E-state index contributed by atoms with van der Waals surface area (Å²) in [6, 6.07) is 0. The molecule has 0 saturated carbocycles. The number of fused-ring (bicyclic) bond motifs is 1. The molecule has 0 atom stereocenters. The second-order valence-corrected chi connectivity index (χ2v) is 7.35. The van der Waals surface area contributed by atoms with E-state index >= 15 is 0 Å². The Hall–Kier alpha value is -0.670. The lowest BCUT2D eigenvalue weighted by Gasteiger charge is -2.08. The van der Waals surface area contributed by atoms with Gasteiger partial charge < -0.3 is 4.74 Å². The molecule has 0 saturated heterocycles. The first-order valence-electron chi connectivity index (χ1n) is 6.14. The van der Waals surface area contributed by atoms with Crippen LogP contribution in [0.1, 0.15) is 20.3 Å². The monoisotopic (exact) mass is 337 g/mol. The van der Waals surface area contributed by atoms with Gasteiger partial charge in [-0.25, -0.2) is 18.1 Å². The van der Waals surface area contributed by atoms with Gasteiger partial charge in [-0.05, 0) is 20.3 Å². The van der Waals surface area contributed by atoms with Crippen molar-refractivity contribution in [3.8, 4) is 0 Å². The topological polar surface area (TPSA) is 72.7 Å². The van der Waals surface area contributed by atoms with Gasteiger partial charge >= 0.3 is 0 Å². The third-order valence-corrected chi connectivity index (χ3v) is 5.11. The molecule has 1 N–H and O–H groups in total. The highest BCUT2D eigenvalue weighted by molar-refractivity contribution is 7.89. The van der Waals surface area contributed by atoms with E-state index in [2.05, 4.69) is 9.71 Å². The largest absolute Gasteiger partial charge is 0.379 e. The summed E-state index contributed by atoms with van der Waals surface area (Å²) in [6.45, 7) is 4.67. The van der Waals surface area contributed by atoms with Crippen LogP contribution in [0, 0.1) is 0 Å². The van der Waals surface area contributed by atoms with Crippen LogP contribution in [0.25, 0.3) is 4.96 Å². The van der Waals surface area contributed by atoms with Gasteiger partial charge in [0.25, 0.3) is 10.0 Å². The van der Waals surface area contributed by atoms with E-state index in [4.69, 9.17) is 16.3 Å². The molecule has 9 heteroatoms. The summed E-state index contributed by atoms with van der Waals surface area (Å²) >= 11 is 7.23. The maximum absolute atomic E-state index is 12.2. The Morgan fingerprint density at radius 3 is 3.00 bits per heavy atom. The molecule has 0 aliphatic heterocycles. The molecule has 2 rings (SSSR count). The average molecular weight is 338 g/mol. The Morgan fingerprint density at radius 1 is 1.55 bits per heavy atom. The lowest BCUT2D eigenvalue weighted by atomic mass is 10.4. The lowest BCUT2D eigenvalue weighted by Crippen LogP contribution is -2.27. The van der Waals surface area contributed by atoms with Crippen LogP contribution >= 0.6 is 22.9 Å². The van der Waals surface area contributed by atoms with Crippen molar-refractivity contribution >= 4 is 37.9 Å². The van der Waals surface area contributed by atoms with Crippen molar-refractivity contribution in [3.05, 3.63) is 16.7 Å². The Bertz CT molecular complexity index is 678. The van der Waals surface area contributed by atoms with Gasteiger partial charge in [0.15, 0.2) is 15.1 Å². The SMILES string of the molecule is CC(C)OCCCNS(=O)(=O)c1c(Cl)nc2sccn12. The fraction of sp³-hybridized carbons (Fsp3) is 0.545. The summed E-state index contributed by atoms with van der Waals surface area (Å²) in [7, 11) is -3.68. The molecule has 20 heavy (non-hydrogen) atoms. The molecule has 0 bridgehead atoms. The minimum absolute atomic E-state index is 0.0113. The quantitative estimate of drug-likeness (QED) is 0.786. The van der Waals surface area contributed by atoms with E-state index in [-0.39, 0.29) is 16.3 Å². The van der Waals surface area contributed by atoms with Crippen molar-refractivity contribution in [3.63, 3.8) is 0 Å². The van der Waals surface area contributed by atoms with Crippen molar-refractivity contribution in [1.29, 1.82) is 0 Å². The maximum Gasteiger partial charge on any atom is 0.259 e. The fourth-order valence-electron chi connectivity index (χ4n) is 1.65. The van der Waals surface area contributed by atoms with Crippen molar-refractivity contribution < 1.29 is 13.2 Å². The Balaban J connectivity index is 2.03. The van der Waals surface area contributed by atoms with E-state index in [0.717, 1.165) is 0 Å². The van der Waals surface area contributed by atoms with Crippen molar-refractivity contribution in [1.82, 2.24) is 14.1 Å². The molecule has 0 aliphatic rings. The number of rotatable bonds is 7. The van der Waals surface area contributed by atoms with E-state index in [1.165, 1.54) is 15.7 Å². The first-order valence-corrected chi connectivity index (χ1v) is 8.88. The van der Waals surface area contributed by atoms with Crippen LogP contribution in [-0.2, 0) is 14.8 Å². The van der Waals surface area contributed by atoms with Crippen molar-refractivity contribution in [2.45, 2.75) is 31.4 Å². The third-order valence-electron chi connectivity index (χ3n) is 2.50. The Morgan fingerprint density at radius 2 is 2.30 bits per heavy atom. The second kappa shape index (κ2) is 6.40. The molecule has 0 amide bonds. The van der Waals surface area contributed by atoms with E-state index in [1.54, 1.807) is 11.6 Å². The van der Waals surface area contributed by atoms with E-state index in [0.29, 0.717) is 24.5 Å². The molecular formula is C11H16ClN3O3S2. The van der Waals surface area contributed by atoms with Crippen LogP contribution in [0.5, 0.6) is 0 Å². The molecule has 0 fully saturated rings.